The Balaban J connectivity index is 2.64. The van der Waals surface area contributed by atoms with Crippen molar-refractivity contribution in [3.05, 3.63) is 58.7 Å². The molecule has 0 unspecified atom stereocenters. The Morgan fingerprint density at radius 2 is 1.92 bits per heavy atom. The number of unbranched alkanes of at least 4 members (excludes halogenated alkanes) is 1. The first-order valence-electron chi connectivity index (χ1n) is 9.95. The van der Waals surface area contributed by atoms with E-state index in [9.17, 15) is 4.79 Å². The van der Waals surface area contributed by atoms with Crippen LogP contribution in [0.5, 0.6) is 0 Å². The molecule has 0 fully saturated rings. The fraction of sp³-hybridized carbons (Fsp3) is 0.542. The molecule has 0 aromatic carbocycles. The average Bonchev–Trinajstić information content (AvgIpc) is 2.54. The summed E-state index contributed by atoms with van der Waals surface area (Å²) in [6, 6.07) is 0. The molecule has 0 bridgehead atoms. The third-order valence-electron chi connectivity index (χ3n) is 4.96. The standard InChI is InChI=1S/C24H37NO/c1-7-8-17-25-23(26)18-20(3)12-9-11-19(2)14-15-22-21(4)13-10-16-24(22,5)6/h9,11-12,14-15,18H,7-8,10,13,16-17H2,1-6H3,(H,25,26)/b12-9+,15-14-,19-11-,20-18-. The summed E-state index contributed by atoms with van der Waals surface area (Å²) in [6.45, 7) is 13.9. The lowest BCUT2D eigenvalue weighted by Crippen LogP contribution is -2.22. The van der Waals surface area contributed by atoms with E-state index in [1.807, 2.05) is 19.1 Å². The summed E-state index contributed by atoms with van der Waals surface area (Å²) >= 11 is 0. The summed E-state index contributed by atoms with van der Waals surface area (Å²) in [7, 11) is 0. The van der Waals surface area contributed by atoms with Gasteiger partial charge in [0.15, 0.2) is 0 Å². The van der Waals surface area contributed by atoms with Crippen LogP contribution in [0.25, 0.3) is 0 Å². The SMILES string of the molecule is CCCCNC(=O)\C=C(C)/C=C/C=C(C)\C=C/C1=C(C)CCCC1(C)C. The molecule has 0 saturated carbocycles. The van der Waals surface area contributed by atoms with Crippen LogP contribution in [-0.2, 0) is 4.79 Å². The predicted octanol–water partition coefficient (Wildman–Crippen LogP) is 6.43. The quantitative estimate of drug-likeness (QED) is 0.303. The van der Waals surface area contributed by atoms with Gasteiger partial charge in [-0.05, 0) is 63.0 Å². The molecule has 0 aliphatic heterocycles. The van der Waals surface area contributed by atoms with Crippen molar-refractivity contribution >= 4 is 5.91 Å². The highest BCUT2D eigenvalue weighted by Gasteiger charge is 2.26. The van der Waals surface area contributed by atoms with Crippen molar-refractivity contribution < 1.29 is 4.79 Å². The minimum Gasteiger partial charge on any atom is -0.353 e. The van der Waals surface area contributed by atoms with Gasteiger partial charge >= 0.3 is 0 Å². The van der Waals surface area contributed by atoms with Crippen LogP contribution in [0.4, 0.5) is 0 Å². The zero-order valence-electron chi connectivity index (χ0n) is 17.6. The van der Waals surface area contributed by atoms with Crippen molar-refractivity contribution in [2.24, 2.45) is 5.41 Å². The molecular formula is C24H37NO. The van der Waals surface area contributed by atoms with E-state index in [1.165, 1.54) is 36.0 Å². The summed E-state index contributed by atoms with van der Waals surface area (Å²) in [6.07, 6.45) is 18.1. The molecule has 0 atom stereocenters. The van der Waals surface area contributed by atoms with Crippen LogP contribution in [0.2, 0.25) is 0 Å². The number of carbonyl (C=O) groups is 1. The first-order chi connectivity index (χ1) is 12.3. The van der Waals surface area contributed by atoms with Crippen molar-refractivity contribution in [1.29, 1.82) is 0 Å². The van der Waals surface area contributed by atoms with Gasteiger partial charge in [0.1, 0.15) is 0 Å². The Morgan fingerprint density at radius 3 is 2.58 bits per heavy atom. The highest BCUT2D eigenvalue weighted by atomic mass is 16.1. The van der Waals surface area contributed by atoms with E-state index in [4.69, 9.17) is 0 Å². The second-order valence-corrected chi connectivity index (χ2v) is 8.07. The van der Waals surface area contributed by atoms with E-state index in [2.05, 4.69) is 58.2 Å². The molecule has 2 nitrogen and oxygen atoms in total. The highest BCUT2D eigenvalue weighted by Crippen LogP contribution is 2.40. The molecule has 1 N–H and O–H groups in total. The minimum absolute atomic E-state index is 0.0110. The third-order valence-corrected chi connectivity index (χ3v) is 4.96. The largest absolute Gasteiger partial charge is 0.353 e. The molecule has 0 saturated heterocycles. The van der Waals surface area contributed by atoms with Crippen LogP contribution >= 0.6 is 0 Å². The first-order valence-corrected chi connectivity index (χ1v) is 9.95. The maximum atomic E-state index is 11.7. The van der Waals surface area contributed by atoms with Crippen LogP contribution in [-0.4, -0.2) is 12.5 Å². The van der Waals surface area contributed by atoms with E-state index in [1.54, 1.807) is 6.08 Å². The second-order valence-electron chi connectivity index (χ2n) is 8.07. The van der Waals surface area contributed by atoms with Crippen molar-refractivity contribution in [2.75, 3.05) is 6.54 Å². The Hall–Kier alpha value is -1.83. The van der Waals surface area contributed by atoms with E-state index >= 15 is 0 Å². The Kier molecular flexibility index (Phi) is 9.40. The average molecular weight is 356 g/mol. The lowest BCUT2D eigenvalue weighted by molar-refractivity contribution is -0.116. The monoisotopic (exact) mass is 355 g/mol. The lowest BCUT2D eigenvalue weighted by Gasteiger charge is -2.32. The topological polar surface area (TPSA) is 29.1 Å². The molecule has 0 heterocycles. The molecule has 2 heteroatoms. The summed E-state index contributed by atoms with van der Waals surface area (Å²) in [5.41, 5.74) is 5.45. The van der Waals surface area contributed by atoms with Gasteiger partial charge in [0.25, 0.3) is 0 Å². The van der Waals surface area contributed by atoms with Crippen LogP contribution in [0.3, 0.4) is 0 Å². The smallest absolute Gasteiger partial charge is 0.244 e. The van der Waals surface area contributed by atoms with Gasteiger partial charge in [-0.15, -0.1) is 0 Å². The minimum atomic E-state index is -0.0110. The van der Waals surface area contributed by atoms with Crippen molar-refractivity contribution in [2.45, 2.75) is 73.6 Å². The maximum absolute atomic E-state index is 11.7. The zero-order valence-corrected chi connectivity index (χ0v) is 17.6. The second kappa shape index (κ2) is 11.0. The van der Waals surface area contributed by atoms with E-state index in [0.29, 0.717) is 0 Å². The van der Waals surface area contributed by atoms with Gasteiger partial charge in [0.05, 0.1) is 0 Å². The summed E-state index contributed by atoms with van der Waals surface area (Å²) < 4.78 is 0. The molecule has 1 aliphatic rings. The third kappa shape index (κ3) is 8.03. The number of carbonyl (C=O) groups excluding carboxylic acids is 1. The van der Waals surface area contributed by atoms with Crippen molar-refractivity contribution in [1.82, 2.24) is 5.32 Å². The van der Waals surface area contributed by atoms with Crippen LogP contribution in [0.1, 0.15) is 73.6 Å². The molecule has 1 amide bonds. The van der Waals surface area contributed by atoms with Gasteiger partial charge in [0.2, 0.25) is 5.91 Å². The lowest BCUT2D eigenvalue weighted by atomic mass is 9.72. The van der Waals surface area contributed by atoms with Gasteiger partial charge in [-0.1, -0.05) is 68.7 Å². The first kappa shape index (κ1) is 22.2. The number of rotatable bonds is 8. The number of hydrogen-bond donors (Lipinski definition) is 1. The normalized spacial score (nSPS) is 18.8. The summed E-state index contributed by atoms with van der Waals surface area (Å²) in [4.78, 5) is 11.7. The van der Waals surface area contributed by atoms with Gasteiger partial charge in [-0.2, -0.15) is 0 Å². The molecule has 0 radical (unpaired) electrons. The number of nitrogens with one attached hydrogen (secondary N) is 1. The Bertz CT molecular complexity index is 627. The van der Waals surface area contributed by atoms with E-state index in [0.717, 1.165) is 25.0 Å². The molecule has 1 aliphatic carbocycles. The number of hydrogen-bond acceptors (Lipinski definition) is 1. The van der Waals surface area contributed by atoms with Crippen LogP contribution < -0.4 is 5.32 Å². The molecule has 26 heavy (non-hydrogen) atoms. The van der Waals surface area contributed by atoms with Gasteiger partial charge in [-0.3, -0.25) is 4.79 Å². The van der Waals surface area contributed by atoms with Gasteiger partial charge in [-0.25, -0.2) is 0 Å². The van der Waals surface area contributed by atoms with E-state index in [-0.39, 0.29) is 11.3 Å². The molecule has 0 aromatic rings. The van der Waals surface area contributed by atoms with Gasteiger partial charge < -0.3 is 5.32 Å². The van der Waals surface area contributed by atoms with E-state index < -0.39 is 0 Å². The Morgan fingerprint density at radius 1 is 1.19 bits per heavy atom. The highest BCUT2D eigenvalue weighted by molar-refractivity contribution is 5.88. The maximum Gasteiger partial charge on any atom is 0.244 e. The molecule has 144 valence electrons. The number of allylic oxidation sites excluding steroid dienone is 9. The zero-order chi connectivity index (χ0) is 19.6. The van der Waals surface area contributed by atoms with Crippen LogP contribution in [0.15, 0.2) is 58.7 Å². The molecule has 1 rings (SSSR count). The molecule has 0 aromatic heterocycles. The summed E-state index contributed by atoms with van der Waals surface area (Å²) in [5, 5.41) is 2.90. The fourth-order valence-corrected chi connectivity index (χ4v) is 3.33. The Labute approximate surface area is 160 Å². The van der Waals surface area contributed by atoms with Crippen LogP contribution in [0, 0.1) is 5.41 Å². The predicted molar refractivity (Wildman–Crippen MR) is 114 cm³/mol. The van der Waals surface area contributed by atoms with Crippen molar-refractivity contribution in [3.63, 3.8) is 0 Å². The summed E-state index contributed by atoms with van der Waals surface area (Å²) in [5.74, 6) is -0.0110. The molecular weight excluding hydrogens is 318 g/mol. The number of amides is 1. The molecule has 0 spiro atoms. The van der Waals surface area contributed by atoms with Crippen molar-refractivity contribution in [3.8, 4) is 0 Å². The fourth-order valence-electron chi connectivity index (χ4n) is 3.33. The van der Waals surface area contributed by atoms with Gasteiger partial charge in [0, 0.05) is 12.6 Å².